The number of fused-ring (bicyclic) bond motifs is 8. The van der Waals surface area contributed by atoms with Gasteiger partial charge in [-0.2, -0.15) is 0 Å². The van der Waals surface area contributed by atoms with Gasteiger partial charge in [0.25, 0.3) is 0 Å². The van der Waals surface area contributed by atoms with E-state index in [4.69, 9.17) is 4.42 Å². The molecule has 0 spiro atoms. The summed E-state index contributed by atoms with van der Waals surface area (Å²) in [4.78, 5) is 2.45. The molecule has 0 bridgehead atoms. The van der Waals surface area contributed by atoms with Gasteiger partial charge in [0.05, 0.1) is 5.69 Å². The van der Waals surface area contributed by atoms with Crippen LogP contribution in [0.1, 0.15) is 54.5 Å². The van der Waals surface area contributed by atoms with Crippen molar-refractivity contribution in [2.24, 2.45) is 0 Å². The Morgan fingerprint density at radius 1 is 0.483 bits per heavy atom. The molecule has 286 valence electrons. The number of nitrogens with zero attached hydrogens (tertiary/aromatic N) is 1. The molecule has 60 heavy (non-hydrogen) atoms. The highest BCUT2D eigenvalue weighted by atomic mass is 16.3. The van der Waals surface area contributed by atoms with Crippen molar-refractivity contribution < 1.29 is 4.42 Å². The standard InChI is InChI=1S/C58H43NO/c1-58(2)52-18-8-5-15-49(52)51-36-41(27-33-53(51)58)47-14-6-9-19-54(47)59(43-28-22-37(23-29-43)39-26-32-46-42(34-39)35-40-12-3-4-13-45(40)46)44-30-24-38(25-31-44)48-17-11-21-56-57(48)50-16-7-10-20-55(50)60-56/h3-26,28-32,34,36H,27,33,35H2,1-2H3. The van der Waals surface area contributed by atoms with Crippen LogP contribution in [0.2, 0.25) is 0 Å². The fourth-order valence-corrected chi connectivity index (χ4v) is 10.6. The molecule has 2 nitrogen and oxygen atoms in total. The van der Waals surface area contributed by atoms with Crippen LogP contribution >= 0.6 is 0 Å². The molecular formula is C58H43NO. The van der Waals surface area contributed by atoms with Crippen LogP contribution in [0.3, 0.4) is 0 Å². The fourth-order valence-electron chi connectivity index (χ4n) is 10.6. The van der Waals surface area contributed by atoms with Gasteiger partial charge in [-0.3, -0.25) is 0 Å². The molecule has 8 aromatic carbocycles. The lowest BCUT2D eigenvalue weighted by Crippen LogP contribution is -2.18. The van der Waals surface area contributed by atoms with E-state index in [0.29, 0.717) is 0 Å². The van der Waals surface area contributed by atoms with Crippen LogP contribution in [0.15, 0.2) is 198 Å². The van der Waals surface area contributed by atoms with Crippen LogP contribution in [0.4, 0.5) is 17.1 Å². The molecule has 0 fully saturated rings. The highest BCUT2D eigenvalue weighted by molar-refractivity contribution is 6.12. The maximum atomic E-state index is 6.28. The molecule has 0 N–H and O–H groups in total. The van der Waals surface area contributed by atoms with E-state index in [-0.39, 0.29) is 5.41 Å². The monoisotopic (exact) mass is 769 g/mol. The van der Waals surface area contributed by atoms with Gasteiger partial charge in [-0.25, -0.2) is 0 Å². The molecule has 2 heteroatoms. The number of furan rings is 1. The van der Waals surface area contributed by atoms with Crippen molar-refractivity contribution in [2.45, 2.75) is 38.5 Å². The van der Waals surface area contributed by atoms with E-state index in [9.17, 15) is 0 Å². The van der Waals surface area contributed by atoms with E-state index in [1.54, 1.807) is 5.57 Å². The van der Waals surface area contributed by atoms with Crippen molar-refractivity contribution in [1.82, 2.24) is 0 Å². The van der Waals surface area contributed by atoms with Crippen LogP contribution in [0, 0.1) is 0 Å². The van der Waals surface area contributed by atoms with Crippen LogP contribution < -0.4 is 4.90 Å². The van der Waals surface area contributed by atoms with Gasteiger partial charge in [-0.15, -0.1) is 0 Å². The van der Waals surface area contributed by atoms with Crippen molar-refractivity contribution in [2.75, 3.05) is 4.90 Å². The third kappa shape index (κ3) is 5.41. The number of hydrogen-bond donors (Lipinski definition) is 0. The van der Waals surface area contributed by atoms with Gasteiger partial charge >= 0.3 is 0 Å². The predicted molar refractivity (Wildman–Crippen MR) is 251 cm³/mol. The van der Waals surface area contributed by atoms with Gasteiger partial charge in [0.2, 0.25) is 0 Å². The zero-order valence-electron chi connectivity index (χ0n) is 33.9. The molecular weight excluding hydrogens is 727 g/mol. The molecule has 12 rings (SSSR count). The number of rotatable bonds is 6. The van der Waals surface area contributed by atoms with Gasteiger partial charge in [-0.05, 0) is 129 Å². The second-order valence-corrected chi connectivity index (χ2v) is 17.2. The summed E-state index contributed by atoms with van der Waals surface area (Å²) in [6.07, 6.45) is 5.54. The lowest BCUT2D eigenvalue weighted by molar-refractivity contribution is 0.609. The van der Waals surface area contributed by atoms with Gasteiger partial charge in [0, 0.05) is 33.1 Å². The Bertz CT molecular complexity index is 3250. The van der Waals surface area contributed by atoms with E-state index in [1.807, 2.05) is 6.07 Å². The smallest absolute Gasteiger partial charge is 0.136 e. The SMILES string of the molecule is CC1(C)C2=C(C=C(c3ccccc3N(c3ccc(-c4ccc5c(c4)Cc4ccccc4-5)cc3)c3ccc(-c4cccc5oc6ccccc6c45)cc3)CC2)c2ccccc21. The first kappa shape index (κ1) is 34.8. The van der Waals surface area contributed by atoms with Gasteiger partial charge in [0.1, 0.15) is 11.2 Å². The molecule has 0 saturated carbocycles. The van der Waals surface area contributed by atoms with Crippen molar-refractivity contribution in [1.29, 1.82) is 0 Å². The number of hydrogen-bond acceptors (Lipinski definition) is 2. The summed E-state index contributed by atoms with van der Waals surface area (Å²) in [5.41, 5.74) is 24.1. The normalized spacial score (nSPS) is 14.8. The van der Waals surface area contributed by atoms with Gasteiger partial charge in [-0.1, -0.05) is 165 Å². The largest absolute Gasteiger partial charge is 0.456 e. The molecule has 0 atom stereocenters. The summed E-state index contributed by atoms with van der Waals surface area (Å²) in [5, 5.41) is 2.30. The Morgan fingerprint density at radius 3 is 1.95 bits per heavy atom. The van der Waals surface area contributed by atoms with Crippen molar-refractivity contribution in [3.8, 4) is 33.4 Å². The maximum Gasteiger partial charge on any atom is 0.136 e. The van der Waals surface area contributed by atoms with Crippen molar-refractivity contribution >= 4 is 50.1 Å². The molecule has 0 saturated heterocycles. The molecule has 3 aliphatic carbocycles. The number of anilines is 3. The molecule has 9 aromatic rings. The molecule has 0 unspecified atom stereocenters. The lowest BCUT2D eigenvalue weighted by Gasteiger charge is -2.30. The predicted octanol–water partition coefficient (Wildman–Crippen LogP) is 15.9. The molecule has 0 aliphatic heterocycles. The van der Waals surface area contributed by atoms with Gasteiger partial charge < -0.3 is 9.32 Å². The first-order valence-electron chi connectivity index (χ1n) is 21.3. The minimum absolute atomic E-state index is 0.0406. The maximum absolute atomic E-state index is 6.28. The zero-order chi connectivity index (χ0) is 40.0. The lowest BCUT2D eigenvalue weighted by atomic mass is 9.77. The Morgan fingerprint density at radius 2 is 1.12 bits per heavy atom. The third-order valence-electron chi connectivity index (χ3n) is 13.5. The summed E-state index contributed by atoms with van der Waals surface area (Å²) < 4.78 is 6.28. The second kappa shape index (κ2) is 13.4. The first-order chi connectivity index (χ1) is 29.5. The van der Waals surface area contributed by atoms with Gasteiger partial charge in [0.15, 0.2) is 0 Å². The molecule has 0 radical (unpaired) electrons. The number of benzene rings is 8. The average molecular weight is 770 g/mol. The summed E-state index contributed by atoms with van der Waals surface area (Å²) >= 11 is 0. The van der Waals surface area contributed by atoms with Crippen molar-refractivity contribution in [3.05, 3.63) is 221 Å². The average Bonchev–Trinajstić information content (AvgIpc) is 3.94. The summed E-state index contributed by atoms with van der Waals surface area (Å²) in [7, 11) is 0. The van der Waals surface area contributed by atoms with E-state index >= 15 is 0 Å². The highest BCUT2D eigenvalue weighted by Gasteiger charge is 2.38. The Hall–Kier alpha value is -7.16. The van der Waals surface area contributed by atoms with Crippen LogP contribution in [-0.2, 0) is 11.8 Å². The van der Waals surface area contributed by atoms with E-state index in [0.717, 1.165) is 58.1 Å². The zero-order valence-corrected chi connectivity index (χ0v) is 33.9. The summed E-state index contributed by atoms with van der Waals surface area (Å²) in [6, 6.07) is 66.8. The van der Waals surface area contributed by atoms with Crippen molar-refractivity contribution in [3.63, 3.8) is 0 Å². The minimum Gasteiger partial charge on any atom is -0.456 e. The Kier molecular flexibility index (Phi) is 7.81. The van der Waals surface area contributed by atoms with Crippen LogP contribution in [-0.4, -0.2) is 0 Å². The quantitative estimate of drug-likeness (QED) is 0.167. The molecule has 3 aliphatic rings. The van der Waals surface area contributed by atoms with Crippen LogP contribution in [0.25, 0.3) is 66.5 Å². The number of allylic oxidation sites excluding steroid dienone is 4. The molecule has 1 heterocycles. The van der Waals surface area contributed by atoms with Crippen LogP contribution in [0.5, 0.6) is 0 Å². The Balaban J connectivity index is 0.969. The molecule has 0 amide bonds. The topological polar surface area (TPSA) is 16.4 Å². The molecule has 1 aromatic heterocycles. The number of para-hydroxylation sites is 2. The fraction of sp³-hybridized carbons (Fsp3) is 0.103. The summed E-state index contributed by atoms with van der Waals surface area (Å²) in [5.74, 6) is 0. The summed E-state index contributed by atoms with van der Waals surface area (Å²) in [6.45, 7) is 4.79. The van der Waals surface area contributed by atoms with E-state index in [1.165, 1.54) is 72.5 Å². The van der Waals surface area contributed by atoms with E-state index < -0.39 is 0 Å². The van der Waals surface area contributed by atoms with E-state index in [2.05, 4.69) is 201 Å². The highest BCUT2D eigenvalue weighted by Crippen LogP contribution is 2.53. The first-order valence-corrected chi connectivity index (χ1v) is 21.3. The second-order valence-electron chi connectivity index (χ2n) is 17.2. The Labute approximate surface area is 351 Å². The third-order valence-corrected chi connectivity index (χ3v) is 13.5. The minimum atomic E-state index is 0.0406.